The Balaban J connectivity index is 1.20. The molecule has 228 valence electrons. The van der Waals surface area contributed by atoms with Gasteiger partial charge in [-0.25, -0.2) is 0 Å². The Morgan fingerprint density at radius 1 is 0.531 bits per heavy atom. The molecule has 3 nitrogen and oxygen atoms in total. The first kappa shape index (κ1) is 25.7. The second kappa shape index (κ2) is 9.18. The average molecular weight is 625 g/mol. The van der Waals surface area contributed by atoms with Crippen LogP contribution in [-0.2, 0) is 0 Å². The minimum absolute atomic E-state index is 0.358. The molecule has 49 heavy (non-hydrogen) atoms. The highest BCUT2D eigenvalue weighted by Gasteiger charge is 2.38. The minimum atomic E-state index is 0.358. The Morgan fingerprint density at radius 3 is 2.27 bits per heavy atom. The lowest BCUT2D eigenvalue weighted by atomic mass is 9.79. The van der Waals surface area contributed by atoms with Crippen molar-refractivity contribution < 1.29 is 4.42 Å². The van der Waals surface area contributed by atoms with Gasteiger partial charge in [0, 0.05) is 50.1 Å². The number of furan rings is 1. The van der Waals surface area contributed by atoms with Crippen LogP contribution in [0.4, 0.5) is 0 Å². The Morgan fingerprint density at radius 2 is 1.33 bits per heavy atom. The van der Waals surface area contributed by atoms with Crippen LogP contribution >= 0.6 is 0 Å². The molecule has 0 N–H and O–H groups in total. The maximum atomic E-state index is 6.70. The van der Waals surface area contributed by atoms with Gasteiger partial charge in [-0.3, -0.25) is 0 Å². The fourth-order valence-electron chi connectivity index (χ4n) is 9.25. The SMILES string of the molecule is C1=CC2=CC=CC3c4cc(-n5c6ccccc6c6cc7c(cc65)c5c6oc8ccccc8c6ccc5n7-c5ccccc5)ccc4C(=C1)C23. The van der Waals surface area contributed by atoms with Gasteiger partial charge in [-0.15, -0.1) is 0 Å². The molecule has 3 heteroatoms. The highest BCUT2D eigenvalue weighted by molar-refractivity contribution is 6.26. The number of fused-ring (bicyclic) bond motifs is 13. The molecule has 0 aliphatic heterocycles. The number of allylic oxidation sites excluding steroid dienone is 8. The van der Waals surface area contributed by atoms with Gasteiger partial charge in [-0.1, -0.05) is 97.1 Å². The number of hydrogen-bond acceptors (Lipinski definition) is 1. The van der Waals surface area contributed by atoms with Crippen molar-refractivity contribution in [1.29, 1.82) is 0 Å². The van der Waals surface area contributed by atoms with Crippen LogP contribution < -0.4 is 0 Å². The van der Waals surface area contributed by atoms with E-state index in [0.29, 0.717) is 11.8 Å². The maximum absolute atomic E-state index is 6.70. The quantitative estimate of drug-likeness (QED) is 0.188. The van der Waals surface area contributed by atoms with E-state index in [0.717, 1.165) is 38.5 Å². The summed E-state index contributed by atoms with van der Waals surface area (Å²) >= 11 is 0. The predicted octanol–water partition coefficient (Wildman–Crippen LogP) is 11.9. The third-order valence-corrected chi connectivity index (χ3v) is 11.3. The van der Waals surface area contributed by atoms with E-state index in [1.54, 1.807) is 0 Å². The van der Waals surface area contributed by atoms with Crippen molar-refractivity contribution in [2.45, 2.75) is 5.92 Å². The van der Waals surface area contributed by atoms with Crippen molar-refractivity contribution in [2.75, 3.05) is 0 Å². The first-order valence-electron chi connectivity index (χ1n) is 17.1. The third kappa shape index (κ3) is 3.27. The van der Waals surface area contributed by atoms with Gasteiger partial charge in [0.1, 0.15) is 11.2 Å². The first-order valence-corrected chi connectivity index (χ1v) is 17.1. The van der Waals surface area contributed by atoms with Crippen molar-refractivity contribution in [3.63, 3.8) is 0 Å². The highest BCUT2D eigenvalue weighted by Crippen LogP contribution is 2.54. The second-order valence-corrected chi connectivity index (χ2v) is 13.7. The lowest BCUT2D eigenvalue weighted by Crippen LogP contribution is -2.11. The molecule has 9 aromatic rings. The van der Waals surface area contributed by atoms with Gasteiger partial charge in [-0.05, 0) is 82.9 Å². The summed E-state index contributed by atoms with van der Waals surface area (Å²) in [6.45, 7) is 0. The molecule has 3 aliphatic carbocycles. The van der Waals surface area contributed by atoms with Gasteiger partial charge in [0.2, 0.25) is 0 Å². The normalized spacial score (nSPS) is 17.9. The summed E-state index contributed by atoms with van der Waals surface area (Å²) in [5, 5.41) is 7.13. The zero-order chi connectivity index (χ0) is 31.8. The van der Waals surface area contributed by atoms with Gasteiger partial charge >= 0.3 is 0 Å². The molecule has 0 radical (unpaired) electrons. The van der Waals surface area contributed by atoms with E-state index in [2.05, 4.69) is 167 Å². The molecule has 3 aromatic heterocycles. The van der Waals surface area contributed by atoms with Crippen molar-refractivity contribution in [2.24, 2.45) is 5.92 Å². The molecule has 0 spiro atoms. The summed E-state index contributed by atoms with van der Waals surface area (Å²) in [5.74, 6) is 0.768. The number of para-hydroxylation sites is 3. The van der Waals surface area contributed by atoms with E-state index in [4.69, 9.17) is 4.42 Å². The summed E-state index contributed by atoms with van der Waals surface area (Å²) in [5.41, 5.74) is 14.6. The average Bonchev–Trinajstić information content (AvgIpc) is 3.88. The van der Waals surface area contributed by atoms with Gasteiger partial charge < -0.3 is 13.6 Å². The number of rotatable bonds is 2. The van der Waals surface area contributed by atoms with E-state index in [-0.39, 0.29) is 0 Å². The van der Waals surface area contributed by atoms with Crippen LogP contribution in [0.25, 0.3) is 82.5 Å². The van der Waals surface area contributed by atoms with Crippen molar-refractivity contribution in [1.82, 2.24) is 9.13 Å². The first-order chi connectivity index (χ1) is 24.3. The lowest BCUT2D eigenvalue weighted by molar-refractivity contribution is 0.673. The topological polar surface area (TPSA) is 23.0 Å². The van der Waals surface area contributed by atoms with Crippen LogP contribution in [0.15, 0.2) is 168 Å². The summed E-state index contributed by atoms with van der Waals surface area (Å²) in [6.07, 6.45) is 13.7. The molecule has 2 unspecified atom stereocenters. The van der Waals surface area contributed by atoms with Crippen LogP contribution in [-0.4, -0.2) is 9.13 Å². The molecule has 3 heterocycles. The molecule has 0 bridgehead atoms. The van der Waals surface area contributed by atoms with Crippen molar-refractivity contribution in [3.05, 3.63) is 174 Å². The second-order valence-electron chi connectivity index (χ2n) is 13.7. The Hall–Kier alpha value is -6.32. The Labute approximate surface area is 281 Å². The lowest BCUT2D eigenvalue weighted by Gasteiger charge is -2.25. The van der Waals surface area contributed by atoms with Crippen LogP contribution in [0.1, 0.15) is 17.0 Å². The molecule has 2 atom stereocenters. The molecular weight excluding hydrogens is 597 g/mol. The molecule has 0 fully saturated rings. The molecule has 3 aliphatic rings. The molecule has 0 saturated heterocycles. The van der Waals surface area contributed by atoms with Crippen LogP contribution in [0.3, 0.4) is 0 Å². The molecule has 0 saturated carbocycles. The van der Waals surface area contributed by atoms with Crippen molar-refractivity contribution in [3.8, 4) is 11.4 Å². The molecule has 12 rings (SSSR count). The number of nitrogens with zero attached hydrogens (tertiary/aromatic N) is 2. The number of benzene rings is 6. The van der Waals surface area contributed by atoms with Crippen molar-refractivity contribution >= 4 is 71.1 Å². The predicted molar refractivity (Wildman–Crippen MR) is 203 cm³/mol. The third-order valence-electron chi connectivity index (χ3n) is 11.3. The summed E-state index contributed by atoms with van der Waals surface area (Å²) in [4.78, 5) is 0. The Bertz CT molecular complexity index is 3050. The van der Waals surface area contributed by atoms with Gasteiger partial charge in [0.15, 0.2) is 0 Å². The van der Waals surface area contributed by atoms with Gasteiger partial charge in [0.25, 0.3) is 0 Å². The summed E-state index contributed by atoms with van der Waals surface area (Å²) in [6, 6.07) is 44.4. The van der Waals surface area contributed by atoms with E-state index in [9.17, 15) is 0 Å². The zero-order valence-electron chi connectivity index (χ0n) is 26.5. The van der Waals surface area contributed by atoms with E-state index < -0.39 is 0 Å². The van der Waals surface area contributed by atoms with Crippen LogP contribution in [0, 0.1) is 5.92 Å². The van der Waals surface area contributed by atoms with Gasteiger partial charge in [0.05, 0.1) is 27.5 Å². The minimum Gasteiger partial charge on any atom is -0.455 e. The van der Waals surface area contributed by atoms with E-state index >= 15 is 0 Å². The summed E-state index contributed by atoms with van der Waals surface area (Å²) < 4.78 is 11.6. The monoisotopic (exact) mass is 624 g/mol. The van der Waals surface area contributed by atoms with E-state index in [1.807, 2.05) is 0 Å². The molecule has 6 aromatic carbocycles. The van der Waals surface area contributed by atoms with Crippen LogP contribution in [0.2, 0.25) is 0 Å². The number of aromatic nitrogens is 2. The Kier molecular flexibility index (Phi) is 4.82. The largest absolute Gasteiger partial charge is 0.455 e. The molecular formula is C46H28N2O. The van der Waals surface area contributed by atoms with Gasteiger partial charge in [-0.2, -0.15) is 0 Å². The maximum Gasteiger partial charge on any atom is 0.145 e. The summed E-state index contributed by atoms with van der Waals surface area (Å²) in [7, 11) is 0. The molecule has 0 amide bonds. The standard InChI is InChI=1S/C46H28N2O/c1-2-12-28(13-3-1)47-40-23-22-35-32-15-5-7-19-43(32)49-46(35)45(40)38-26-41-37(25-42(38)47)31-14-4-6-18-39(31)48(41)29-20-21-30-33-16-8-10-27-11-9-17-34(44(27)33)36(30)24-29/h1-26,34,44H. The van der Waals surface area contributed by atoms with Crippen LogP contribution in [0.5, 0.6) is 0 Å². The fourth-order valence-corrected chi connectivity index (χ4v) is 9.25. The van der Waals surface area contributed by atoms with E-state index in [1.165, 1.54) is 60.7 Å². The number of hydrogen-bond donors (Lipinski definition) is 0. The highest BCUT2D eigenvalue weighted by atomic mass is 16.3. The zero-order valence-corrected chi connectivity index (χ0v) is 26.5. The fraction of sp³-hybridized carbons (Fsp3) is 0.0435. The smallest absolute Gasteiger partial charge is 0.145 e.